The topological polar surface area (TPSA) is 49.4 Å². The number of nitrogens with zero attached hydrogens (tertiary/aromatic N) is 1. The summed E-state index contributed by atoms with van der Waals surface area (Å²) in [7, 11) is 1.64. The number of carbonyl (C=O) groups is 2. The summed E-state index contributed by atoms with van der Waals surface area (Å²) in [4.78, 5) is 26.1. The number of hydrogen-bond acceptors (Lipinski definition) is 2. The fourth-order valence-electron chi connectivity index (χ4n) is 2.91. The zero-order valence-electron chi connectivity index (χ0n) is 13.3. The smallest absolute Gasteiger partial charge is 0.225 e. The van der Waals surface area contributed by atoms with Gasteiger partial charge < -0.3 is 10.2 Å². The molecule has 120 valence electrons. The Morgan fingerprint density at radius 2 is 2.14 bits per heavy atom. The van der Waals surface area contributed by atoms with Crippen molar-refractivity contribution in [3.63, 3.8) is 0 Å². The molecule has 1 aromatic rings. The summed E-state index contributed by atoms with van der Waals surface area (Å²) in [6, 6.07) is 5.88. The summed E-state index contributed by atoms with van der Waals surface area (Å²) in [5.74, 6) is -0.966. The Morgan fingerprint density at radius 1 is 1.45 bits per heavy atom. The lowest BCUT2D eigenvalue weighted by Crippen LogP contribution is -2.48. The predicted octanol–water partition coefficient (Wildman–Crippen LogP) is 2.65. The lowest BCUT2D eigenvalue weighted by atomic mass is 9.83. The van der Waals surface area contributed by atoms with Crippen LogP contribution in [0.4, 0.5) is 4.39 Å². The van der Waals surface area contributed by atoms with Crippen LogP contribution in [0.25, 0.3) is 0 Å². The van der Waals surface area contributed by atoms with Crippen LogP contribution in [0.5, 0.6) is 0 Å². The summed E-state index contributed by atoms with van der Waals surface area (Å²) >= 11 is 0. The van der Waals surface area contributed by atoms with Crippen molar-refractivity contribution in [2.75, 3.05) is 7.05 Å². The first-order valence-corrected chi connectivity index (χ1v) is 7.76. The fourth-order valence-corrected chi connectivity index (χ4v) is 2.91. The maximum absolute atomic E-state index is 14.2. The number of rotatable bonds is 4. The van der Waals surface area contributed by atoms with Crippen molar-refractivity contribution in [1.29, 1.82) is 0 Å². The van der Waals surface area contributed by atoms with E-state index in [0.29, 0.717) is 18.4 Å². The van der Waals surface area contributed by atoms with Crippen LogP contribution in [0.2, 0.25) is 0 Å². The molecule has 1 aliphatic heterocycles. The molecule has 0 aliphatic carbocycles. The van der Waals surface area contributed by atoms with Gasteiger partial charge in [-0.2, -0.15) is 0 Å². The third kappa shape index (κ3) is 3.29. The maximum atomic E-state index is 14.2. The molecule has 1 aliphatic rings. The quantitative estimate of drug-likeness (QED) is 0.929. The molecule has 1 N–H and O–H groups in total. The standard InChI is InChI=1S/C17H23FN2O2/c1-4-11(2)19-17(22)13-9-10-15(21)20(3)16(13)12-7-5-6-8-14(12)18/h5-8,11,13,16H,4,9-10H2,1-3H3,(H,19,22)/t11-,13+,16-/m0/s1. The van der Waals surface area contributed by atoms with Crippen molar-refractivity contribution in [3.05, 3.63) is 35.6 Å². The van der Waals surface area contributed by atoms with Gasteiger partial charge in [-0.3, -0.25) is 9.59 Å². The molecule has 0 radical (unpaired) electrons. The first-order chi connectivity index (χ1) is 10.5. The molecule has 0 unspecified atom stereocenters. The Morgan fingerprint density at radius 3 is 2.77 bits per heavy atom. The van der Waals surface area contributed by atoms with E-state index in [1.807, 2.05) is 13.8 Å². The van der Waals surface area contributed by atoms with E-state index in [9.17, 15) is 14.0 Å². The highest BCUT2D eigenvalue weighted by Crippen LogP contribution is 2.37. The normalized spacial score (nSPS) is 23.3. The summed E-state index contributed by atoms with van der Waals surface area (Å²) in [6.07, 6.45) is 1.60. The number of amides is 2. The molecule has 0 bridgehead atoms. The Balaban J connectivity index is 2.32. The molecule has 1 saturated heterocycles. The maximum Gasteiger partial charge on any atom is 0.225 e. The predicted molar refractivity (Wildman–Crippen MR) is 82.5 cm³/mol. The molecule has 1 fully saturated rings. The number of likely N-dealkylation sites (tertiary alicyclic amines) is 1. The molecule has 0 aromatic heterocycles. The van der Waals surface area contributed by atoms with Crippen molar-refractivity contribution in [2.45, 2.75) is 45.2 Å². The molecule has 3 atom stereocenters. The molecule has 4 nitrogen and oxygen atoms in total. The SMILES string of the molecule is CC[C@H](C)NC(=O)[C@@H]1CCC(=O)N(C)[C@H]1c1ccccc1F. The van der Waals surface area contributed by atoms with Crippen molar-refractivity contribution in [1.82, 2.24) is 10.2 Å². The molecule has 5 heteroatoms. The summed E-state index contributed by atoms with van der Waals surface area (Å²) in [5.41, 5.74) is 0.405. The van der Waals surface area contributed by atoms with Crippen LogP contribution >= 0.6 is 0 Å². The average Bonchev–Trinajstić information content (AvgIpc) is 2.50. The Hall–Kier alpha value is -1.91. The van der Waals surface area contributed by atoms with E-state index < -0.39 is 12.0 Å². The Labute approximate surface area is 130 Å². The number of carbonyl (C=O) groups excluding carboxylic acids is 2. The minimum atomic E-state index is -0.550. The Kier molecular flexibility index (Phi) is 5.16. The second-order valence-corrected chi connectivity index (χ2v) is 5.93. The number of hydrogen-bond donors (Lipinski definition) is 1. The van der Waals surface area contributed by atoms with Gasteiger partial charge in [0.25, 0.3) is 0 Å². The molecule has 1 heterocycles. The molecule has 1 aromatic carbocycles. The summed E-state index contributed by atoms with van der Waals surface area (Å²) < 4.78 is 14.2. The molecular formula is C17H23FN2O2. The average molecular weight is 306 g/mol. The minimum Gasteiger partial charge on any atom is -0.353 e. The first-order valence-electron chi connectivity index (χ1n) is 7.76. The zero-order chi connectivity index (χ0) is 16.3. The van der Waals surface area contributed by atoms with Crippen LogP contribution in [0.15, 0.2) is 24.3 Å². The second kappa shape index (κ2) is 6.90. The van der Waals surface area contributed by atoms with Gasteiger partial charge in [-0.1, -0.05) is 25.1 Å². The second-order valence-electron chi connectivity index (χ2n) is 5.93. The van der Waals surface area contributed by atoms with E-state index in [2.05, 4.69) is 5.32 Å². The van der Waals surface area contributed by atoms with Gasteiger partial charge in [0.05, 0.1) is 12.0 Å². The highest BCUT2D eigenvalue weighted by Gasteiger charge is 2.40. The van der Waals surface area contributed by atoms with Crippen molar-refractivity contribution >= 4 is 11.8 Å². The summed E-state index contributed by atoms with van der Waals surface area (Å²) in [5, 5.41) is 2.95. The lowest BCUT2D eigenvalue weighted by Gasteiger charge is -2.39. The highest BCUT2D eigenvalue weighted by molar-refractivity contribution is 5.85. The number of benzene rings is 1. The van der Waals surface area contributed by atoms with E-state index in [0.717, 1.165) is 6.42 Å². The first kappa shape index (κ1) is 16.5. The van der Waals surface area contributed by atoms with Gasteiger partial charge in [-0.15, -0.1) is 0 Å². The zero-order valence-corrected chi connectivity index (χ0v) is 13.3. The van der Waals surface area contributed by atoms with Crippen LogP contribution in [-0.4, -0.2) is 29.8 Å². The van der Waals surface area contributed by atoms with Crippen molar-refractivity contribution in [3.8, 4) is 0 Å². The largest absolute Gasteiger partial charge is 0.353 e. The van der Waals surface area contributed by atoms with Gasteiger partial charge >= 0.3 is 0 Å². The highest BCUT2D eigenvalue weighted by atomic mass is 19.1. The van der Waals surface area contributed by atoms with E-state index in [1.54, 1.807) is 25.2 Å². The van der Waals surface area contributed by atoms with Crippen LogP contribution in [0, 0.1) is 11.7 Å². The summed E-state index contributed by atoms with van der Waals surface area (Å²) in [6.45, 7) is 3.93. The van der Waals surface area contributed by atoms with Gasteiger partial charge in [-0.25, -0.2) is 4.39 Å². The molecule has 2 rings (SSSR count). The molecule has 22 heavy (non-hydrogen) atoms. The van der Waals surface area contributed by atoms with Crippen LogP contribution in [-0.2, 0) is 9.59 Å². The molecule has 2 amide bonds. The van der Waals surface area contributed by atoms with E-state index in [-0.39, 0.29) is 23.7 Å². The van der Waals surface area contributed by atoms with Gasteiger partial charge in [-0.05, 0) is 25.8 Å². The van der Waals surface area contributed by atoms with E-state index >= 15 is 0 Å². The van der Waals surface area contributed by atoms with E-state index in [4.69, 9.17) is 0 Å². The number of piperidine rings is 1. The Bertz CT molecular complexity index is 561. The van der Waals surface area contributed by atoms with Crippen LogP contribution in [0.1, 0.15) is 44.7 Å². The lowest BCUT2D eigenvalue weighted by molar-refractivity contribution is -0.141. The fraction of sp³-hybridized carbons (Fsp3) is 0.529. The van der Waals surface area contributed by atoms with Gasteiger partial charge in [0.2, 0.25) is 11.8 Å². The molecular weight excluding hydrogens is 283 g/mol. The monoisotopic (exact) mass is 306 g/mol. The third-order valence-electron chi connectivity index (χ3n) is 4.42. The van der Waals surface area contributed by atoms with Gasteiger partial charge in [0.15, 0.2) is 0 Å². The van der Waals surface area contributed by atoms with Crippen LogP contribution in [0.3, 0.4) is 0 Å². The number of nitrogens with one attached hydrogen (secondary N) is 1. The van der Waals surface area contributed by atoms with E-state index in [1.165, 1.54) is 11.0 Å². The van der Waals surface area contributed by atoms with Gasteiger partial charge in [0.1, 0.15) is 5.82 Å². The molecule has 0 saturated carbocycles. The number of halogens is 1. The van der Waals surface area contributed by atoms with Crippen molar-refractivity contribution in [2.24, 2.45) is 5.92 Å². The molecule has 0 spiro atoms. The van der Waals surface area contributed by atoms with Crippen molar-refractivity contribution < 1.29 is 14.0 Å². The van der Waals surface area contributed by atoms with Crippen LogP contribution < -0.4 is 5.32 Å². The third-order valence-corrected chi connectivity index (χ3v) is 4.42. The minimum absolute atomic E-state index is 0.0548. The van der Waals surface area contributed by atoms with Gasteiger partial charge in [0, 0.05) is 25.1 Å².